The van der Waals surface area contributed by atoms with Crippen molar-refractivity contribution < 1.29 is 14.8 Å². The second-order valence-corrected chi connectivity index (χ2v) is 5.75. The van der Waals surface area contributed by atoms with Crippen LogP contribution in [-0.2, 0) is 13.0 Å². The van der Waals surface area contributed by atoms with Gasteiger partial charge in [-0.2, -0.15) is 0 Å². The van der Waals surface area contributed by atoms with Crippen LogP contribution in [0.2, 0.25) is 0 Å². The summed E-state index contributed by atoms with van der Waals surface area (Å²) in [6, 6.07) is 8.31. The fraction of sp³-hybridized carbons (Fsp3) is 0.375. The Morgan fingerprint density at radius 1 is 1.10 bits per heavy atom. The molecule has 0 aliphatic carbocycles. The Morgan fingerprint density at radius 3 is 2.55 bits per heavy atom. The number of benzene rings is 1. The summed E-state index contributed by atoms with van der Waals surface area (Å²) < 4.78 is 10.6. The molecule has 0 spiro atoms. The molecule has 0 unspecified atom stereocenters. The van der Waals surface area contributed by atoms with E-state index in [1.54, 1.807) is 14.2 Å². The Labute approximate surface area is 124 Å². The Hall–Kier alpha value is -1.52. The number of nitrogens with two attached hydrogens (primary N) is 1. The topological polar surface area (TPSA) is 35.1 Å². The maximum atomic E-state index is 5.32. The number of aryl methyl sites for hydroxylation is 1. The van der Waals surface area contributed by atoms with E-state index in [4.69, 9.17) is 9.47 Å². The van der Waals surface area contributed by atoms with Crippen LogP contribution in [0.4, 0.5) is 0 Å². The fourth-order valence-corrected chi connectivity index (χ4v) is 3.06. The molecule has 1 aromatic carbocycles. The molecule has 4 heteroatoms. The molecule has 2 N–H and O–H groups in total. The molecule has 0 saturated heterocycles. The molecule has 0 aliphatic rings. The minimum Gasteiger partial charge on any atom is -0.493 e. The molecule has 0 fully saturated rings. The fourth-order valence-electron chi connectivity index (χ4n) is 2.15. The quantitative estimate of drug-likeness (QED) is 0.795. The second-order valence-electron chi connectivity index (χ2n) is 4.75. The summed E-state index contributed by atoms with van der Waals surface area (Å²) in [6.45, 7) is 4.32. The molecule has 3 nitrogen and oxygen atoms in total. The zero-order valence-corrected chi connectivity index (χ0v) is 13.1. The summed E-state index contributed by atoms with van der Waals surface area (Å²) in [4.78, 5) is 1.47. The Bertz CT molecular complexity index is 551. The maximum absolute atomic E-state index is 5.32. The van der Waals surface area contributed by atoms with Gasteiger partial charge in [0.2, 0.25) is 0 Å². The van der Waals surface area contributed by atoms with E-state index >= 15 is 0 Å². The highest BCUT2D eigenvalue weighted by Gasteiger charge is 2.06. The minimum absolute atomic E-state index is 0.787. The largest absolute Gasteiger partial charge is 0.493 e. The molecule has 20 heavy (non-hydrogen) atoms. The van der Waals surface area contributed by atoms with Crippen molar-refractivity contribution in [3.63, 3.8) is 0 Å². The highest BCUT2D eigenvalue weighted by Crippen LogP contribution is 2.27. The number of rotatable bonds is 7. The summed E-state index contributed by atoms with van der Waals surface area (Å²) >= 11 is 1.84. The third-order valence-electron chi connectivity index (χ3n) is 3.38. The molecule has 0 amide bonds. The third-order valence-corrected chi connectivity index (χ3v) is 4.43. The van der Waals surface area contributed by atoms with Crippen molar-refractivity contribution in [2.24, 2.45) is 0 Å². The molecule has 0 atom stereocenters. The summed E-state index contributed by atoms with van der Waals surface area (Å²) in [5.74, 6) is 1.59. The van der Waals surface area contributed by atoms with Crippen LogP contribution in [0.25, 0.3) is 0 Å². The standard InChI is InChI=1S/C16H21NO2S/c1-12-7-9-20-16(12)11-17-8-6-13-4-5-14(18-2)15(10-13)19-3/h4-5,7,9-10,17H,6,8,11H2,1-3H3/p+1. The molecule has 1 heterocycles. The zero-order chi connectivity index (χ0) is 14.4. The average Bonchev–Trinajstić information content (AvgIpc) is 2.88. The van der Waals surface area contributed by atoms with Crippen LogP contribution >= 0.6 is 11.3 Å². The van der Waals surface area contributed by atoms with E-state index in [0.29, 0.717) is 0 Å². The lowest BCUT2D eigenvalue weighted by Crippen LogP contribution is -2.83. The molecule has 108 valence electrons. The van der Waals surface area contributed by atoms with Crippen LogP contribution in [0.5, 0.6) is 11.5 Å². The second kappa shape index (κ2) is 7.31. The van der Waals surface area contributed by atoms with E-state index in [0.717, 1.165) is 31.0 Å². The van der Waals surface area contributed by atoms with Gasteiger partial charge < -0.3 is 14.8 Å². The van der Waals surface area contributed by atoms with Gasteiger partial charge in [-0.05, 0) is 41.6 Å². The first kappa shape index (κ1) is 14.9. The minimum atomic E-state index is 0.787. The van der Waals surface area contributed by atoms with E-state index in [1.165, 1.54) is 16.0 Å². The molecule has 0 saturated carbocycles. The predicted molar refractivity (Wildman–Crippen MR) is 82.8 cm³/mol. The number of hydrogen-bond acceptors (Lipinski definition) is 3. The van der Waals surface area contributed by atoms with Crippen molar-refractivity contribution in [1.29, 1.82) is 0 Å². The van der Waals surface area contributed by atoms with Crippen molar-refractivity contribution in [3.8, 4) is 11.5 Å². The van der Waals surface area contributed by atoms with Gasteiger partial charge in [-0.3, -0.25) is 0 Å². The number of thiophene rings is 1. The Balaban J connectivity index is 1.83. The van der Waals surface area contributed by atoms with E-state index in [9.17, 15) is 0 Å². The Morgan fingerprint density at radius 2 is 1.90 bits per heavy atom. The normalized spacial score (nSPS) is 10.6. The summed E-state index contributed by atoms with van der Waals surface area (Å²) in [7, 11) is 3.34. The Kier molecular flexibility index (Phi) is 5.44. The number of quaternary nitrogens is 1. The van der Waals surface area contributed by atoms with E-state index in [-0.39, 0.29) is 0 Å². The van der Waals surface area contributed by atoms with Crippen LogP contribution in [0.1, 0.15) is 16.0 Å². The first-order valence-corrected chi connectivity index (χ1v) is 7.68. The summed E-state index contributed by atoms with van der Waals surface area (Å²) in [5, 5.41) is 4.52. The van der Waals surface area contributed by atoms with Crippen LogP contribution in [-0.4, -0.2) is 20.8 Å². The van der Waals surface area contributed by atoms with Crippen LogP contribution < -0.4 is 14.8 Å². The zero-order valence-electron chi connectivity index (χ0n) is 12.3. The third kappa shape index (κ3) is 3.74. The molecule has 0 bridgehead atoms. The maximum Gasteiger partial charge on any atom is 0.160 e. The van der Waals surface area contributed by atoms with Crippen molar-refractivity contribution >= 4 is 11.3 Å². The first-order chi connectivity index (χ1) is 9.74. The van der Waals surface area contributed by atoms with Crippen molar-refractivity contribution in [2.75, 3.05) is 20.8 Å². The molecule has 2 aromatic rings. The van der Waals surface area contributed by atoms with Gasteiger partial charge in [0.05, 0.1) is 25.6 Å². The van der Waals surface area contributed by atoms with Gasteiger partial charge in [0.1, 0.15) is 6.54 Å². The lowest BCUT2D eigenvalue weighted by molar-refractivity contribution is -0.669. The summed E-state index contributed by atoms with van der Waals surface area (Å²) in [6.07, 6.45) is 1.03. The SMILES string of the molecule is COc1ccc(CC[NH2+]Cc2sccc2C)cc1OC. The van der Waals surface area contributed by atoms with E-state index < -0.39 is 0 Å². The van der Waals surface area contributed by atoms with E-state index in [2.05, 4.69) is 35.8 Å². The van der Waals surface area contributed by atoms with Gasteiger partial charge in [0.15, 0.2) is 11.5 Å². The van der Waals surface area contributed by atoms with Gasteiger partial charge in [0.25, 0.3) is 0 Å². The van der Waals surface area contributed by atoms with Crippen LogP contribution in [0.15, 0.2) is 29.6 Å². The lowest BCUT2D eigenvalue weighted by atomic mass is 10.1. The van der Waals surface area contributed by atoms with Crippen molar-refractivity contribution in [3.05, 3.63) is 45.6 Å². The van der Waals surface area contributed by atoms with Crippen molar-refractivity contribution in [1.82, 2.24) is 0 Å². The van der Waals surface area contributed by atoms with Crippen LogP contribution in [0, 0.1) is 6.92 Å². The highest BCUT2D eigenvalue weighted by atomic mass is 32.1. The number of hydrogen-bond donors (Lipinski definition) is 1. The molecule has 1 aromatic heterocycles. The van der Waals surface area contributed by atoms with Gasteiger partial charge in [-0.25, -0.2) is 0 Å². The van der Waals surface area contributed by atoms with Gasteiger partial charge >= 0.3 is 0 Å². The smallest absolute Gasteiger partial charge is 0.160 e. The lowest BCUT2D eigenvalue weighted by Gasteiger charge is -2.09. The van der Waals surface area contributed by atoms with Gasteiger partial charge in [-0.1, -0.05) is 6.07 Å². The summed E-state index contributed by atoms with van der Waals surface area (Å²) in [5.41, 5.74) is 2.68. The molecule has 2 rings (SSSR count). The molecule has 0 radical (unpaired) electrons. The predicted octanol–water partition coefficient (Wildman–Crippen LogP) is 2.38. The molecular weight excluding hydrogens is 270 g/mol. The van der Waals surface area contributed by atoms with Crippen LogP contribution in [0.3, 0.4) is 0 Å². The molecule has 0 aliphatic heterocycles. The number of ether oxygens (including phenoxy) is 2. The average molecular weight is 292 g/mol. The van der Waals surface area contributed by atoms with Gasteiger partial charge in [0, 0.05) is 6.42 Å². The number of methoxy groups -OCH3 is 2. The highest BCUT2D eigenvalue weighted by molar-refractivity contribution is 7.10. The first-order valence-electron chi connectivity index (χ1n) is 6.80. The monoisotopic (exact) mass is 292 g/mol. The van der Waals surface area contributed by atoms with Gasteiger partial charge in [-0.15, -0.1) is 11.3 Å². The molecular formula is C16H22NO2S+. The van der Waals surface area contributed by atoms with Crippen molar-refractivity contribution in [2.45, 2.75) is 19.9 Å². The van der Waals surface area contributed by atoms with E-state index in [1.807, 2.05) is 17.4 Å².